The van der Waals surface area contributed by atoms with Crippen LogP contribution in [0.25, 0.3) is 11.3 Å². The number of rotatable bonds is 3. The van der Waals surface area contributed by atoms with Gasteiger partial charge in [-0.3, -0.25) is 14.5 Å². The van der Waals surface area contributed by atoms with Crippen LogP contribution in [0.1, 0.15) is 53.1 Å². The van der Waals surface area contributed by atoms with E-state index in [1.807, 2.05) is 0 Å². The number of carbonyl (C=O) groups excluding carboxylic acids is 1. The topological polar surface area (TPSA) is 90.5 Å². The molecule has 0 aromatic carbocycles. The number of carbonyl (C=O) groups is 1. The van der Waals surface area contributed by atoms with Gasteiger partial charge in [0.15, 0.2) is 0 Å². The Balaban J connectivity index is 1.62. The molecule has 3 aromatic rings. The summed E-state index contributed by atoms with van der Waals surface area (Å²) < 4.78 is 80.0. The lowest BCUT2D eigenvalue weighted by Gasteiger charge is -2.16. The maximum atomic E-state index is 13.0. The third-order valence-corrected chi connectivity index (χ3v) is 5.15. The highest BCUT2D eigenvalue weighted by atomic mass is 19.4. The van der Waals surface area contributed by atoms with Crippen LogP contribution in [0.5, 0.6) is 0 Å². The zero-order chi connectivity index (χ0) is 24.0. The first-order chi connectivity index (χ1) is 15.4. The monoisotopic (exact) mass is 473 g/mol. The third kappa shape index (κ3) is 4.68. The number of aryl methyl sites for hydroxylation is 2. The molecule has 33 heavy (non-hydrogen) atoms. The van der Waals surface area contributed by atoms with Crippen molar-refractivity contribution < 1.29 is 31.1 Å². The van der Waals surface area contributed by atoms with E-state index in [1.54, 1.807) is 10.7 Å². The quantitative estimate of drug-likeness (QED) is 0.585. The van der Waals surface area contributed by atoms with Gasteiger partial charge in [0.25, 0.3) is 11.7 Å². The van der Waals surface area contributed by atoms with Crippen LogP contribution < -0.4 is 5.32 Å². The summed E-state index contributed by atoms with van der Waals surface area (Å²) >= 11 is 0. The van der Waals surface area contributed by atoms with Crippen LogP contribution in [-0.4, -0.2) is 35.4 Å². The summed E-state index contributed by atoms with van der Waals surface area (Å²) in [6, 6.07) is 3.21. The molecule has 4 heterocycles. The first kappa shape index (κ1) is 22.7. The number of pyridine rings is 1. The second-order valence-electron chi connectivity index (χ2n) is 7.51. The Hall–Kier alpha value is -3.45. The summed E-state index contributed by atoms with van der Waals surface area (Å²) in [7, 11) is 1.17. The number of aromatic nitrogens is 6. The summed E-state index contributed by atoms with van der Waals surface area (Å²) in [5.74, 6) is -2.80. The van der Waals surface area contributed by atoms with Crippen molar-refractivity contribution in [2.45, 2.75) is 44.2 Å². The van der Waals surface area contributed by atoms with E-state index in [0.717, 1.165) is 16.9 Å². The highest BCUT2D eigenvalue weighted by Crippen LogP contribution is 2.33. The molecule has 1 amide bonds. The van der Waals surface area contributed by atoms with E-state index in [-0.39, 0.29) is 11.3 Å². The predicted octanol–water partition coefficient (Wildman–Crippen LogP) is 3.77. The predicted molar refractivity (Wildman–Crippen MR) is 101 cm³/mol. The lowest BCUT2D eigenvalue weighted by atomic mass is 10.1. The van der Waals surface area contributed by atoms with Crippen molar-refractivity contribution in [1.29, 1.82) is 0 Å². The van der Waals surface area contributed by atoms with E-state index in [1.165, 1.54) is 13.1 Å². The van der Waals surface area contributed by atoms with Crippen LogP contribution in [0, 0.1) is 0 Å². The Morgan fingerprint density at radius 1 is 1.09 bits per heavy atom. The molecule has 1 aliphatic heterocycles. The first-order valence-electron chi connectivity index (χ1n) is 9.84. The average molecular weight is 473 g/mol. The minimum Gasteiger partial charge on any atom is -0.341 e. The molecule has 4 rings (SSSR count). The van der Waals surface area contributed by atoms with Crippen LogP contribution in [0.15, 0.2) is 24.4 Å². The van der Waals surface area contributed by atoms with Crippen LogP contribution >= 0.6 is 0 Å². The Kier molecular flexibility index (Phi) is 5.62. The number of nitrogens with one attached hydrogen (secondary N) is 1. The zero-order valence-electron chi connectivity index (χ0n) is 17.1. The largest absolute Gasteiger partial charge is 0.453 e. The number of halogens is 6. The van der Waals surface area contributed by atoms with Gasteiger partial charge in [0.2, 0.25) is 5.82 Å². The van der Waals surface area contributed by atoms with E-state index in [4.69, 9.17) is 0 Å². The molecule has 0 aliphatic carbocycles. The second kappa shape index (κ2) is 8.15. The summed E-state index contributed by atoms with van der Waals surface area (Å²) in [6.45, 7) is 0.473. The number of nitrogens with zero attached hydrogens (tertiary/aromatic N) is 6. The minimum absolute atomic E-state index is 0.200. The molecule has 0 fully saturated rings. The molecule has 0 bridgehead atoms. The maximum absolute atomic E-state index is 13.0. The van der Waals surface area contributed by atoms with Gasteiger partial charge >= 0.3 is 12.4 Å². The SMILES string of the molecule is Cn1nc(C(F)(F)F)nc1C(=O)NC1CCCCn2nc(-c3ccnc(C(F)(F)F)c3)cc21. The molecule has 0 saturated heterocycles. The van der Waals surface area contributed by atoms with Crippen LogP contribution in [0.3, 0.4) is 0 Å². The van der Waals surface area contributed by atoms with Crippen LogP contribution in [0.4, 0.5) is 26.3 Å². The molecular formula is C19H17F6N7O. The molecule has 1 unspecified atom stereocenters. The van der Waals surface area contributed by atoms with Crippen molar-refractivity contribution in [3.05, 3.63) is 47.4 Å². The standard InChI is InChI=1S/C19H17F6N7O/c1-31-15(28-17(30-31)19(23,24)25)16(33)27-11-4-2-3-7-32-13(11)9-12(29-32)10-5-6-26-14(8-10)18(20,21)22/h5-6,8-9,11H,2-4,7H2,1H3,(H,27,33). The molecule has 8 nitrogen and oxygen atoms in total. The third-order valence-electron chi connectivity index (χ3n) is 5.15. The summed E-state index contributed by atoms with van der Waals surface area (Å²) in [6.07, 6.45) is -6.52. The molecule has 1 atom stereocenters. The molecule has 0 radical (unpaired) electrons. The first-order valence-corrected chi connectivity index (χ1v) is 9.84. The maximum Gasteiger partial charge on any atom is 0.453 e. The lowest BCUT2D eigenvalue weighted by molar-refractivity contribution is -0.145. The van der Waals surface area contributed by atoms with E-state index in [9.17, 15) is 31.1 Å². The molecule has 14 heteroatoms. The highest BCUT2D eigenvalue weighted by Gasteiger charge is 2.38. The lowest BCUT2D eigenvalue weighted by Crippen LogP contribution is -2.31. The van der Waals surface area contributed by atoms with Crippen molar-refractivity contribution in [2.75, 3.05) is 0 Å². The van der Waals surface area contributed by atoms with Crippen LogP contribution in [-0.2, 0) is 25.9 Å². The van der Waals surface area contributed by atoms with Gasteiger partial charge in [-0.05, 0) is 37.5 Å². The fourth-order valence-corrected chi connectivity index (χ4v) is 3.61. The van der Waals surface area contributed by atoms with Gasteiger partial charge in [-0.2, -0.15) is 36.4 Å². The average Bonchev–Trinajstić information content (AvgIpc) is 3.29. The van der Waals surface area contributed by atoms with Gasteiger partial charge in [0.1, 0.15) is 5.69 Å². The Morgan fingerprint density at radius 3 is 2.52 bits per heavy atom. The number of hydrogen-bond acceptors (Lipinski definition) is 5. The fraction of sp³-hybridized carbons (Fsp3) is 0.421. The molecule has 1 aliphatic rings. The minimum atomic E-state index is -4.80. The van der Waals surface area contributed by atoms with Gasteiger partial charge in [-0.25, -0.2) is 4.68 Å². The molecule has 0 saturated carbocycles. The van der Waals surface area contributed by atoms with Gasteiger partial charge in [0.05, 0.1) is 17.4 Å². The Labute approximate surface area is 182 Å². The van der Waals surface area contributed by atoms with Crippen molar-refractivity contribution in [3.63, 3.8) is 0 Å². The van der Waals surface area contributed by atoms with E-state index < -0.39 is 41.6 Å². The zero-order valence-corrected chi connectivity index (χ0v) is 17.1. The molecule has 1 N–H and O–H groups in total. The van der Waals surface area contributed by atoms with Gasteiger partial charge in [0, 0.05) is 25.4 Å². The number of hydrogen-bond donors (Lipinski definition) is 1. The van der Waals surface area contributed by atoms with Crippen molar-refractivity contribution in [1.82, 2.24) is 34.8 Å². The second-order valence-corrected chi connectivity index (χ2v) is 7.51. The van der Waals surface area contributed by atoms with E-state index >= 15 is 0 Å². The van der Waals surface area contributed by atoms with E-state index in [2.05, 4.69) is 25.5 Å². The normalized spacial score (nSPS) is 16.9. The smallest absolute Gasteiger partial charge is 0.341 e. The molecular weight excluding hydrogens is 456 g/mol. The highest BCUT2D eigenvalue weighted by molar-refractivity contribution is 5.91. The Morgan fingerprint density at radius 2 is 1.85 bits per heavy atom. The van der Waals surface area contributed by atoms with Crippen molar-refractivity contribution >= 4 is 5.91 Å². The molecule has 0 spiro atoms. The summed E-state index contributed by atoms with van der Waals surface area (Å²) in [4.78, 5) is 19.3. The number of fused-ring (bicyclic) bond motifs is 1. The Bertz CT molecular complexity index is 1180. The van der Waals surface area contributed by atoms with Gasteiger partial charge in [-0.15, -0.1) is 5.10 Å². The van der Waals surface area contributed by atoms with Gasteiger partial charge < -0.3 is 5.32 Å². The van der Waals surface area contributed by atoms with Gasteiger partial charge in [-0.1, -0.05) is 0 Å². The van der Waals surface area contributed by atoms with Crippen molar-refractivity contribution in [2.24, 2.45) is 7.05 Å². The fourth-order valence-electron chi connectivity index (χ4n) is 3.61. The van der Waals surface area contributed by atoms with E-state index in [0.29, 0.717) is 31.5 Å². The summed E-state index contributed by atoms with van der Waals surface area (Å²) in [5.41, 5.74) is -0.0709. The number of amides is 1. The van der Waals surface area contributed by atoms with Crippen molar-refractivity contribution in [3.8, 4) is 11.3 Å². The molecule has 3 aromatic heterocycles. The molecule has 176 valence electrons. The van der Waals surface area contributed by atoms with Crippen LogP contribution in [0.2, 0.25) is 0 Å². The number of alkyl halides is 6. The summed E-state index contributed by atoms with van der Waals surface area (Å²) in [5, 5.41) is 10.3.